The Bertz CT molecular complexity index is 242. The van der Waals surface area contributed by atoms with Gasteiger partial charge < -0.3 is 4.74 Å². The van der Waals surface area contributed by atoms with Crippen molar-refractivity contribution in [3.8, 4) is 5.75 Å². The molecule has 10 heavy (non-hydrogen) atoms. The van der Waals surface area contributed by atoms with Crippen molar-refractivity contribution in [2.45, 2.75) is 19.8 Å². The monoisotopic (exact) mass is 138 g/mol. The van der Waals surface area contributed by atoms with E-state index in [1.807, 2.05) is 6.92 Å². The van der Waals surface area contributed by atoms with Gasteiger partial charge in [0.05, 0.1) is 12.3 Å². The van der Waals surface area contributed by atoms with Gasteiger partial charge >= 0.3 is 0 Å². The largest absolute Gasteiger partial charge is 0.490 e. The zero-order valence-corrected chi connectivity index (χ0v) is 5.98. The molecule has 1 aromatic heterocycles. The van der Waals surface area contributed by atoms with E-state index in [0.29, 0.717) is 0 Å². The van der Waals surface area contributed by atoms with Gasteiger partial charge in [-0.15, -0.1) is 0 Å². The summed E-state index contributed by atoms with van der Waals surface area (Å²) in [5.41, 5.74) is 2.14. The van der Waals surface area contributed by atoms with Crippen molar-refractivity contribution in [3.05, 3.63) is 11.4 Å². The molecule has 0 aromatic carbocycles. The lowest BCUT2D eigenvalue weighted by Gasteiger charge is -2.11. The molecule has 0 spiro atoms. The summed E-state index contributed by atoms with van der Waals surface area (Å²) in [4.78, 5) is 0. The van der Waals surface area contributed by atoms with Crippen molar-refractivity contribution in [1.29, 1.82) is 0 Å². The number of aryl methyl sites for hydroxylation is 2. The van der Waals surface area contributed by atoms with Crippen molar-refractivity contribution in [3.63, 3.8) is 0 Å². The minimum Gasteiger partial charge on any atom is -0.490 e. The Morgan fingerprint density at radius 1 is 1.60 bits per heavy atom. The van der Waals surface area contributed by atoms with Crippen LogP contribution in [0.3, 0.4) is 0 Å². The molecule has 0 unspecified atom stereocenters. The maximum atomic E-state index is 5.40. The number of H-pyrrole nitrogens is 1. The molecule has 1 aliphatic rings. The fourth-order valence-electron chi connectivity index (χ4n) is 1.24. The summed E-state index contributed by atoms with van der Waals surface area (Å²) in [6, 6.07) is 0. The predicted octanol–water partition coefficient (Wildman–Crippen LogP) is 1.04. The van der Waals surface area contributed by atoms with Crippen LogP contribution in [0.25, 0.3) is 0 Å². The Kier molecular flexibility index (Phi) is 1.16. The third-order valence-electron chi connectivity index (χ3n) is 1.77. The number of nitrogens with zero attached hydrogens (tertiary/aromatic N) is 1. The number of aromatic nitrogens is 2. The highest BCUT2D eigenvalue weighted by molar-refractivity contribution is 5.33. The van der Waals surface area contributed by atoms with Gasteiger partial charge in [0.1, 0.15) is 5.69 Å². The van der Waals surface area contributed by atoms with E-state index in [4.69, 9.17) is 4.74 Å². The molecule has 0 radical (unpaired) electrons. The average Bonchev–Trinajstić information content (AvgIpc) is 2.34. The maximum Gasteiger partial charge on any atom is 0.163 e. The molecule has 0 aliphatic carbocycles. The van der Waals surface area contributed by atoms with E-state index in [0.717, 1.165) is 36.6 Å². The highest BCUT2D eigenvalue weighted by Crippen LogP contribution is 2.25. The number of ether oxygens (including phenoxy) is 1. The number of rotatable bonds is 0. The van der Waals surface area contributed by atoms with Gasteiger partial charge in [0.2, 0.25) is 0 Å². The van der Waals surface area contributed by atoms with Crippen LogP contribution in [0.15, 0.2) is 0 Å². The summed E-state index contributed by atoms with van der Waals surface area (Å²) in [5.74, 6) is 0.978. The third-order valence-corrected chi connectivity index (χ3v) is 1.77. The molecular formula is C7H10N2O. The number of fused-ring (bicyclic) bond motifs is 1. The van der Waals surface area contributed by atoms with Crippen LogP contribution in [0.5, 0.6) is 5.75 Å². The molecule has 1 aromatic rings. The minimum atomic E-state index is 0.841. The van der Waals surface area contributed by atoms with Crippen molar-refractivity contribution in [2.24, 2.45) is 0 Å². The fourth-order valence-corrected chi connectivity index (χ4v) is 1.24. The van der Waals surface area contributed by atoms with E-state index in [1.165, 1.54) is 0 Å². The molecular weight excluding hydrogens is 128 g/mol. The standard InChI is InChI=1S/C7H10N2O/c1-5-7-6(9-8-5)3-2-4-10-7/h2-4H2,1H3,(H,8,9). The lowest BCUT2D eigenvalue weighted by molar-refractivity contribution is 0.286. The molecule has 2 heterocycles. The van der Waals surface area contributed by atoms with Gasteiger partial charge in [0.25, 0.3) is 0 Å². The quantitative estimate of drug-likeness (QED) is 0.581. The Hall–Kier alpha value is -0.990. The van der Waals surface area contributed by atoms with Gasteiger partial charge in [-0.1, -0.05) is 0 Å². The highest BCUT2D eigenvalue weighted by Gasteiger charge is 2.14. The lowest BCUT2D eigenvalue weighted by atomic mass is 10.2. The average molecular weight is 138 g/mol. The van der Waals surface area contributed by atoms with Crippen LogP contribution in [-0.2, 0) is 6.42 Å². The second kappa shape index (κ2) is 2.01. The van der Waals surface area contributed by atoms with Crippen LogP contribution in [0.4, 0.5) is 0 Å². The van der Waals surface area contributed by atoms with Gasteiger partial charge in [-0.25, -0.2) is 0 Å². The summed E-state index contributed by atoms with van der Waals surface area (Å²) in [6.07, 6.45) is 2.15. The fraction of sp³-hybridized carbons (Fsp3) is 0.571. The van der Waals surface area contributed by atoms with Crippen LogP contribution in [0.1, 0.15) is 17.8 Å². The van der Waals surface area contributed by atoms with Crippen LogP contribution in [0, 0.1) is 6.92 Å². The van der Waals surface area contributed by atoms with Crippen molar-refractivity contribution in [2.75, 3.05) is 6.61 Å². The van der Waals surface area contributed by atoms with Crippen molar-refractivity contribution in [1.82, 2.24) is 10.2 Å². The van der Waals surface area contributed by atoms with Crippen LogP contribution in [0.2, 0.25) is 0 Å². The summed E-state index contributed by atoms with van der Waals surface area (Å²) < 4.78 is 5.40. The van der Waals surface area contributed by atoms with Gasteiger partial charge in [-0.05, 0) is 19.8 Å². The molecule has 3 nitrogen and oxygen atoms in total. The summed E-state index contributed by atoms with van der Waals surface area (Å²) in [5, 5.41) is 7.01. The van der Waals surface area contributed by atoms with Crippen LogP contribution in [-0.4, -0.2) is 16.8 Å². The number of aromatic amines is 1. The van der Waals surface area contributed by atoms with E-state index >= 15 is 0 Å². The Morgan fingerprint density at radius 3 is 3.30 bits per heavy atom. The Morgan fingerprint density at radius 2 is 2.50 bits per heavy atom. The molecule has 0 fully saturated rings. The Balaban J connectivity index is 2.45. The van der Waals surface area contributed by atoms with Crippen LogP contribution >= 0.6 is 0 Å². The molecule has 0 atom stereocenters. The van der Waals surface area contributed by atoms with E-state index in [9.17, 15) is 0 Å². The van der Waals surface area contributed by atoms with Crippen LogP contribution < -0.4 is 4.74 Å². The number of hydrogen-bond acceptors (Lipinski definition) is 2. The highest BCUT2D eigenvalue weighted by atomic mass is 16.5. The zero-order valence-electron chi connectivity index (χ0n) is 5.98. The molecule has 0 saturated carbocycles. The summed E-state index contributed by atoms with van der Waals surface area (Å²) >= 11 is 0. The molecule has 1 N–H and O–H groups in total. The molecule has 0 saturated heterocycles. The second-order valence-corrected chi connectivity index (χ2v) is 2.58. The minimum absolute atomic E-state index is 0.841. The molecule has 54 valence electrons. The summed E-state index contributed by atoms with van der Waals surface area (Å²) in [7, 11) is 0. The molecule has 0 amide bonds. The number of hydrogen-bond donors (Lipinski definition) is 1. The molecule has 0 bridgehead atoms. The smallest absolute Gasteiger partial charge is 0.163 e. The predicted molar refractivity (Wildman–Crippen MR) is 37.1 cm³/mol. The second-order valence-electron chi connectivity index (χ2n) is 2.58. The van der Waals surface area contributed by atoms with Gasteiger partial charge in [0, 0.05) is 0 Å². The van der Waals surface area contributed by atoms with E-state index in [2.05, 4.69) is 10.2 Å². The van der Waals surface area contributed by atoms with Crippen molar-refractivity contribution >= 4 is 0 Å². The van der Waals surface area contributed by atoms with Gasteiger partial charge in [0.15, 0.2) is 5.75 Å². The Labute approximate surface area is 59.4 Å². The van der Waals surface area contributed by atoms with Crippen molar-refractivity contribution < 1.29 is 4.74 Å². The van der Waals surface area contributed by atoms with E-state index in [1.54, 1.807) is 0 Å². The topological polar surface area (TPSA) is 37.9 Å². The number of nitrogens with one attached hydrogen (secondary N) is 1. The maximum absolute atomic E-state index is 5.40. The molecule has 1 aliphatic heterocycles. The first-order valence-corrected chi connectivity index (χ1v) is 3.54. The lowest BCUT2D eigenvalue weighted by Crippen LogP contribution is -2.07. The normalized spacial score (nSPS) is 16.1. The summed E-state index contributed by atoms with van der Waals surface area (Å²) in [6.45, 7) is 2.82. The third kappa shape index (κ3) is 0.701. The first-order valence-electron chi connectivity index (χ1n) is 3.54. The molecule has 3 heteroatoms. The first kappa shape index (κ1) is 5.77. The SMILES string of the molecule is Cc1[nH]nc2c1OCCC2. The van der Waals surface area contributed by atoms with Gasteiger partial charge in [-0.3, -0.25) is 5.10 Å². The van der Waals surface area contributed by atoms with E-state index in [-0.39, 0.29) is 0 Å². The van der Waals surface area contributed by atoms with Gasteiger partial charge in [-0.2, -0.15) is 5.10 Å². The first-order chi connectivity index (χ1) is 4.88. The van der Waals surface area contributed by atoms with E-state index < -0.39 is 0 Å². The zero-order chi connectivity index (χ0) is 6.97. The molecule has 2 rings (SSSR count).